The molecule has 2 aromatic heterocycles. The fourth-order valence-electron chi connectivity index (χ4n) is 2.24. The maximum Gasteiger partial charge on any atom is 0.436 e. The molecule has 0 aliphatic heterocycles. The molecule has 0 unspecified atom stereocenters. The lowest BCUT2D eigenvalue weighted by molar-refractivity contribution is -0.00419. The lowest BCUT2D eigenvalue weighted by atomic mass is 10.3. The van der Waals surface area contributed by atoms with E-state index in [-0.39, 0.29) is 18.0 Å². The monoisotopic (exact) mass is 486 g/mol. The molecule has 1 atom stereocenters. The van der Waals surface area contributed by atoms with E-state index in [2.05, 4.69) is 15.8 Å². The first kappa shape index (κ1) is 19.3. The third-order valence-corrected chi connectivity index (χ3v) is 4.08. The van der Waals surface area contributed by atoms with Crippen LogP contribution in [0.3, 0.4) is 0 Å². The van der Waals surface area contributed by atoms with Crippen molar-refractivity contribution < 1.29 is 23.9 Å². The van der Waals surface area contributed by atoms with Gasteiger partial charge >= 0.3 is 6.09 Å². The number of aromatic nitrogens is 2. The molecule has 1 amide bonds. The van der Waals surface area contributed by atoms with Crippen molar-refractivity contribution in [2.45, 2.75) is 13.0 Å². The van der Waals surface area contributed by atoms with E-state index >= 15 is 0 Å². The molecule has 0 spiro atoms. The number of pyridine rings is 1. The highest BCUT2D eigenvalue weighted by molar-refractivity contribution is 14.1. The molecule has 0 aliphatic carbocycles. The number of anilines is 2. The standard InChI is InChI=1S/C17H16FIN4O4/c1-10(24)8-26-22-17(25)27-15-5-3-12-7-20-9-23(12)16(15)21-14-4-2-11(19)6-13(14)18/h2-7,9-10,21,24H,8H2,1H3,(H,22,25)/t10-/m0/s1. The summed E-state index contributed by atoms with van der Waals surface area (Å²) >= 11 is 2.01. The predicted octanol–water partition coefficient (Wildman–Crippen LogP) is 3.22. The van der Waals surface area contributed by atoms with Crippen LogP contribution in [-0.4, -0.2) is 33.3 Å². The van der Waals surface area contributed by atoms with Crippen molar-refractivity contribution in [1.82, 2.24) is 14.9 Å². The number of amides is 1. The Morgan fingerprint density at radius 1 is 1.41 bits per heavy atom. The summed E-state index contributed by atoms with van der Waals surface area (Å²) in [6.45, 7) is 1.42. The SMILES string of the molecule is C[C@H](O)CONC(=O)Oc1ccc2cncn2c1Nc1ccc(I)cc1F. The number of aliphatic hydroxyl groups excluding tert-OH is 1. The van der Waals surface area contributed by atoms with Gasteiger partial charge in [-0.2, -0.15) is 5.48 Å². The Hall–Kier alpha value is -2.44. The second-order valence-electron chi connectivity index (χ2n) is 5.64. The molecule has 1 aromatic carbocycles. The van der Waals surface area contributed by atoms with Crippen molar-refractivity contribution in [2.24, 2.45) is 0 Å². The molecule has 8 nitrogen and oxygen atoms in total. The maximum absolute atomic E-state index is 14.2. The summed E-state index contributed by atoms with van der Waals surface area (Å²) in [6.07, 6.45) is 1.50. The minimum absolute atomic E-state index is 0.0887. The number of carbonyl (C=O) groups excluding carboxylic acids is 1. The molecule has 0 aliphatic rings. The number of rotatable bonds is 6. The van der Waals surface area contributed by atoms with Crippen LogP contribution < -0.4 is 15.5 Å². The molecule has 3 rings (SSSR count). The smallest absolute Gasteiger partial charge is 0.405 e. The molecular formula is C17H16FIN4O4. The predicted molar refractivity (Wildman–Crippen MR) is 104 cm³/mol. The largest absolute Gasteiger partial charge is 0.436 e. The summed E-state index contributed by atoms with van der Waals surface area (Å²) < 4.78 is 21.9. The topological polar surface area (TPSA) is 97.1 Å². The van der Waals surface area contributed by atoms with Crippen molar-refractivity contribution in [1.29, 1.82) is 0 Å². The zero-order chi connectivity index (χ0) is 19.4. The van der Waals surface area contributed by atoms with E-state index in [0.717, 1.165) is 9.09 Å². The number of hydroxylamine groups is 1. The first-order chi connectivity index (χ1) is 12.9. The van der Waals surface area contributed by atoms with E-state index in [9.17, 15) is 9.18 Å². The molecule has 142 valence electrons. The summed E-state index contributed by atoms with van der Waals surface area (Å²) in [4.78, 5) is 20.8. The quantitative estimate of drug-likeness (QED) is 0.366. The molecule has 0 saturated heterocycles. The number of aliphatic hydroxyl groups is 1. The van der Waals surface area contributed by atoms with Crippen LogP contribution in [0.5, 0.6) is 5.75 Å². The van der Waals surface area contributed by atoms with Gasteiger partial charge in [0.25, 0.3) is 0 Å². The summed E-state index contributed by atoms with van der Waals surface area (Å²) in [7, 11) is 0. The highest BCUT2D eigenvalue weighted by Crippen LogP contribution is 2.30. The Kier molecular flexibility index (Phi) is 6.08. The number of hydrogen-bond acceptors (Lipinski definition) is 6. The van der Waals surface area contributed by atoms with Gasteiger partial charge < -0.3 is 15.2 Å². The molecule has 3 aromatic rings. The Morgan fingerprint density at radius 2 is 2.22 bits per heavy atom. The average Bonchev–Trinajstić information content (AvgIpc) is 3.07. The van der Waals surface area contributed by atoms with Crippen molar-refractivity contribution in [3.63, 3.8) is 0 Å². The molecular weight excluding hydrogens is 470 g/mol. The van der Waals surface area contributed by atoms with E-state index < -0.39 is 18.0 Å². The highest BCUT2D eigenvalue weighted by Gasteiger charge is 2.15. The van der Waals surface area contributed by atoms with Gasteiger partial charge in [0.05, 0.1) is 23.5 Å². The third-order valence-electron chi connectivity index (χ3n) is 3.41. The van der Waals surface area contributed by atoms with E-state index in [1.807, 2.05) is 22.6 Å². The molecule has 10 heteroatoms. The Labute approximate surface area is 167 Å². The second kappa shape index (κ2) is 8.50. The first-order valence-corrected chi connectivity index (χ1v) is 8.96. The van der Waals surface area contributed by atoms with Crippen molar-refractivity contribution >= 4 is 45.7 Å². The van der Waals surface area contributed by atoms with Gasteiger partial charge in [0, 0.05) is 3.57 Å². The Bertz CT molecular complexity index is 963. The maximum atomic E-state index is 14.2. The number of halogens is 2. The van der Waals surface area contributed by atoms with E-state index in [0.29, 0.717) is 5.82 Å². The number of nitrogens with one attached hydrogen (secondary N) is 2. The van der Waals surface area contributed by atoms with Crippen LogP contribution in [-0.2, 0) is 4.84 Å². The van der Waals surface area contributed by atoms with Gasteiger partial charge in [-0.1, -0.05) is 0 Å². The van der Waals surface area contributed by atoms with E-state index in [1.54, 1.807) is 34.9 Å². The van der Waals surface area contributed by atoms with Crippen molar-refractivity contribution in [3.05, 3.63) is 52.2 Å². The van der Waals surface area contributed by atoms with Crippen LogP contribution in [0.25, 0.3) is 5.52 Å². The van der Waals surface area contributed by atoms with Crippen LogP contribution in [0, 0.1) is 9.39 Å². The summed E-state index contributed by atoms with van der Waals surface area (Å²) in [5.74, 6) is 0.00191. The van der Waals surface area contributed by atoms with E-state index in [1.165, 1.54) is 19.3 Å². The normalized spacial score (nSPS) is 12.0. The molecule has 0 radical (unpaired) electrons. The van der Waals surface area contributed by atoms with Gasteiger partial charge in [-0.15, -0.1) is 0 Å². The molecule has 0 fully saturated rings. The van der Waals surface area contributed by atoms with Crippen LogP contribution in [0.2, 0.25) is 0 Å². The van der Waals surface area contributed by atoms with Crippen LogP contribution in [0.1, 0.15) is 6.92 Å². The Balaban J connectivity index is 1.87. The van der Waals surface area contributed by atoms with Crippen LogP contribution in [0.4, 0.5) is 20.7 Å². The van der Waals surface area contributed by atoms with Gasteiger partial charge in [-0.3, -0.25) is 9.24 Å². The third kappa shape index (κ3) is 4.84. The van der Waals surface area contributed by atoms with Gasteiger partial charge in [0.2, 0.25) is 0 Å². The fourth-order valence-corrected chi connectivity index (χ4v) is 2.69. The Morgan fingerprint density at radius 3 is 2.96 bits per heavy atom. The number of carbonyl (C=O) groups is 1. The number of nitrogens with zero attached hydrogens (tertiary/aromatic N) is 2. The summed E-state index contributed by atoms with van der Waals surface area (Å²) in [6, 6.07) is 7.97. The van der Waals surface area contributed by atoms with Crippen LogP contribution >= 0.6 is 22.6 Å². The number of hydrogen-bond donors (Lipinski definition) is 3. The highest BCUT2D eigenvalue weighted by atomic mass is 127. The lowest BCUT2D eigenvalue weighted by Gasteiger charge is -2.15. The summed E-state index contributed by atoms with van der Waals surface area (Å²) in [5.41, 5.74) is 3.00. The van der Waals surface area contributed by atoms with E-state index in [4.69, 9.17) is 14.7 Å². The van der Waals surface area contributed by atoms with Crippen molar-refractivity contribution in [2.75, 3.05) is 11.9 Å². The molecule has 0 bridgehead atoms. The summed E-state index contributed by atoms with van der Waals surface area (Å²) in [5, 5.41) is 12.1. The molecule has 3 N–H and O–H groups in total. The first-order valence-electron chi connectivity index (χ1n) is 7.89. The number of benzene rings is 1. The van der Waals surface area contributed by atoms with Gasteiger partial charge in [0.15, 0.2) is 11.6 Å². The number of imidazole rings is 1. The minimum atomic E-state index is -0.888. The fraction of sp³-hybridized carbons (Fsp3) is 0.176. The molecule has 0 saturated carbocycles. The second-order valence-corrected chi connectivity index (χ2v) is 6.88. The zero-order valence-corrected chi connectivity index (χ0v) is 16.3. The minimum Gasteiger partial charge on any atom is -0.405 e. The molecule has 2 heterocycles. The average molecular weight is 486 g/mol. The number of ether oxygens (including phenoxy) is 1. The van der Waals surface area contributed by atoms with Crippen LogP contribution in [0.15, 0.2) is 42.9 Å². The molecule has 27 heavy (non-hydrogen) atoms. The number of fused-ring (bicyclic) bond motifs is 1. The lowest BCUT2D eigenvalue weighted by Crippen LogP contribution is -2.30. The van der Waals surface area contributed by atoms with Gasteiger partial charge in [-0.25, -0.2) is 14.2 Å². The van der Waals surface area contributed by atoms with Crippen molar-refractivity contribution in [3.8, 4) is 5.75 Å². The zero-order valence-electron chi connectivity index (χ0n) is 14.1. The van der Waals surface area contributed by atoms with Gasteiger partial charge in [0.1, 0.15) is 18.8 Å². The van der Waals surface area contributed by atoms with Gasteiger partial charge in [-0.05, 0) is 59.8 Å².